The highest BCUT2D eigenvalue weighted by Gasteiger charge is 1.93. The number of hydrogen-bond donors (Lipinski definition) is 0. The summed E-state index contributed by atoms with van der Waals surface area (Å²) in [7, 11) is 0. The molecule has 0 atom stereocenters. The normalized spacial score (nSPS) is 9.15. The minimum absolute atomic E-state index is 1.08. The lowest BCUT2D eigenvalue weighted by Gasteiger charge is -1.97. The average molecular weight is 173 g/mol. The third kappa shape index (κ3) is 2.05. The van der Waals surface area contributed by atoms with Crippen LogP contribution < -0.4 is 0 Å². The highest BCUT2D eigenvalue weighted by Crippen LogP contribution is 2.14. The standard InChI is InChI=1S/C10H9N.C2H6/c1-8-4-2-6-10-9(8)5-3-7-11-10;1-2/h2-7H,1H3;1-2H3. The molecule has 1 heteroatoms. The van der Waals surface area contributed by atoms with Crippen LogP contribution in [0.5, 0.6) is 0 Å². The molecule has 1 aromatic heterocycles. The molecule has 2 aromatic rings. The maximum atomic E-state index is 4.24. The first-order valence-corrected chi connectivity index (χ1v) is 4.68. The Morgan fingerprint density at radius 3 is 2.46 bits per heavy atom. The summed E-state index contributed by atoms with van der Waals surface area (Å²) in [6.07, 6.45) is 1.82. The molecule has 1 aromatic carbocycles. The molecular weight excluding hydrogens is 158 g/mol. The molecule has 0 unspecified atom stereocenters. The smallest absolute Gasteiger partial charge is 0.0704 e. The molecule has 13 heavy (non-hydrogen) atoms. The number of hydrogen-bond acceptors (Lipinski definition) is 1. The van der Waals surface area contributed by atoms with E-state index in [-0.39, 0.29) is 0 Å². The van der Waals surface area contributed by atoms with Crippen LogP contribution in [0, 0.1) is 6.92 Å². The van der Waals surface area contributed by atoms with E-state index >= 15 is 0 Å². The molecule has 0 bridgehead atoms. The highest BCUT2D eigenvalue weighted by molar-refractivity contribution is 5.81. The minimum atomic E-state index is 1.08. The zero-order valence-corrected chi connectivity index (χ0v) is 8.41. The van der Waals surface area contributed by atoms with Crippen molar-refractivity contribution in [3.8, 4) is 0 Å². The van der Waals surface area contributed by atoms with Gasteiger partial charge in [0.25, 0.3) is 0 Å². The Hall–Kier alpha value is -1.37. The quantitative estimate of drug-likeness (QED) is 0.593. The predicted molar refractivity (Wildman–Crippen MR) is 57.8 cm³/mol. The van der Waals surface area contributed by atoms with Crippen molar-refractivity contribution in [3.05, 3.63) is 42.1 Å². The molecule has 0 saturated carbocycles. The molecule has 68 valence electrons. The predicted octanol–water partition coefficient (Wildman–Crippen LogP) is 3.57. The fourth-order valence-corrected chi connectivity index (χ4v) is 1.26. The van der Waals surface area contributed by atoms with Gasteiger partial charge in [-0.2, -0.15) is 0 Å². The van der Waals surface area contributed by atoms with Crippen LogP contribution in [0.2, 0.25) is 0 Å². The molecule has 0 aliphatic heterocycles. The first kappa shape index (κ1) is 9.72. The molecular formula is C12H15N. The zero-order valence-electron chi connectivity index (χ0n) is 8.41. The summed E-state index contributed by atoms with van der Waals surface area (Å²) in [6, 6.07) is 10.2. The number of benzene rings is 1. The van der Waals surface area contributed by atoms with Gasteiger partial charge in [-0.3, -0.25) is 4.98 Å². The molecule has 1 heterocycles. The first-order chi connectivity index (χ1) is 6.38. The third-order valence-corrected chi connectivity index (χ3v) is 1.86. The summed E-state index contributed by atoms with van der Waals surface area (Å²) in [5.74, 6) is 0. The molecule has 0 saturated heterocycles. The Bertz CT molecular complexity index is 374. The van der Waals surface area contributed by atoms with Crippen molar-refractivity contribution in [2.24, 2.45) is 0 Å². The second-order valence-electron chi connectivity index (χ2n) is 2.64. The zero-order chi connectivity index (χ0) is 9.68. The largest absolute Gasteiger partial charge is 0.256 e. The van der Waals surface area contributed by atoms with E-state index in [1.165, 1.54) is 10.9 Å². The van der Waals surface area contributed by atoms with Crippen molar-refractivity contribution in [2.75, 3.05) is 0 Å². The van der Waals surface area contributed by atoms with Gasteiger partial charge in [0.1, 0.15) is 0 Å². The Kier molecular flexibility index (Phi) is 3.44. The van der Waals surface area contributed by atoms with Crippen LogP contribution >= 0.6 is 0 Å². The third-order valence-electron chi connectivity index (χ3n) is 1.86. The topological polar surface area (TPSA) is 12.9 Å². The molecule has 0 aliphatic carbocycles. The SMILES string of the molecule is CC.Cc1cccc2ncccc12. The molecule has 0 amide bonds. The van der Waals surface area contributed by atoms with Crippen LogP contribution in [-0.4, -0.2) is 4.98 Å². The van der Waals surface area contributed by atoms with Gasteiger partial charge in [0.05, 0.1) is 5.52 Å². The van der Waals surface area contributed by atoms with Crippen molar-refractivity contribution in [2.45, 2.75) is 20.8 Å². The van der Waals surface area contributed by atoms with Crippen molar-refractivity contribution in [1.82, 2.24) is 4.98 Å². The van der Waals surface area contributed by atoms with Gasteiger partial charge in [-0.1, -0.05) is 32.0 Å². The maximum Gasteiger partial charge on any atom is 0.0704 e. The summed E-state index contributed by atoms with van der Waals surface area (Å²) in [4.78, 5) is 4.24. The van der Waals surface area contributed by atoms with Crippen molar-refractivity contribution >= 4 is 10.9 Å². The van der Waals surface area contributed by atoms with Crippen LogP contribution in [0.4, 0.5) is 0 Å². The van der Waals surface area contributed by atoms with Crippen LogP contribution in [-0.2, 0) is 0 Å². The lowest BCUT2D eigenvalue weighted by molar-refractivity contribution is 1.39. The Labute approximate surface area is 79.4 Å². The van der Waals surface area contributed by atoms with E-state index in [1.54, 1.807) is 0 Å². The average Bonchev–Trinajstić information content (AvgIpc) is 2.22. The van der Waals surface area contributed by atoms with Gasteiger partial charge in [-0.05, 0) is 24.6 Å². The second-order valence-corrected chi connectivity index (χ2v) is 2.64. The van der Waals surface area contributed by atoms with Crippen molar-refractivity contribution in [1.29, 1.82) is 0 Å². The van der Waals surface area contributed by atoms with Gasteiger partial charge < -0.3 is 0 Å². The summed E-state index contributed by atoms with van der Waals surface area (Å²) in [5, 5.41) is 1.25. The van der Waals surface area contributed by atoms with Gasteiger partial charge in [-0.25, -0.2) is 0 Å². The van der Waals surface area contributed by atoms with Gasteiger partial charge in [0, 0.05) is 11.6 Å². The lowest BCUT2D eigenvalue weighted by atomic mass is 10.1. The molecule has 0 radical (unpaired) electrons. The molecule has 0 spiro atoms. The molecule has 2 rings (SSSR count). The number of pyridine rings is 1. The van der Waals surface area contributed by atoms with E-state index in [9.17, 15) is 0 Å². The Morgan fingerprint density at radius 1 is 1.00 bits per heavy atom. The molecule has 0 aliphatic rings. The van der Waals surface area contributed by atoms with Crippen LogP contribution in [0.1, 0.15) is 19.4 Å². The fourth-order valence-electron chi connectivity index (χ4n) is 1.26. The second kappa shape index (κ2) is 4.61. The summed E-state index contributed by atoms with van der Waals surface area (Å²) in [6.45, 7) is 6.10. The van der Waals surface area contributed by atoms with Crippen LogP contribution in [0.3, 0.4) is 0 Å². The van der Waals surface area contributed by atoms with E-state index in [1.807, 2.05) is 38.2 Å². The van der Waals surface area contributed by atoms with E-state index in [2.05, 4.69) is 24.0 Å². The first-order valence-electron chi connectivity index (χ1n) is 4.68. The van der Waals surface area contributed by atoms with Crippen LogP contribution in [0.25, 0.3) is 10.9 Å². The maximum absolute atomic E-state index is 4.24. The number of fused-ring (bicyclic) bond motifs is 1. The summed E-state index contributed by atoms with van der Waals surface area (Å²) >= 11 is 0. The molecule has 0 fully saturated rings. The minimum Gasteiger partial charge on any atom is -0.256 e. The van der Waals surface area contributed by atoms with E-state index in [0.29, 0.717) is 0 Å². The van der Waals surface area contributed by atoms with E-state index in [0.717, 1.165) is 5.52 Å². The van der Waals surface area contributed by atoms with Crippen molar-refractivity contribution in [3.63, 3.8) is 0 Å². The van der Waals surface area contributed by atoms with Gasteiger partial charge in [0.2, 0.25) is 0 Å². The monoisotopic (exact) mass is 173 g/mol. The van der Waals surface area contributed by atoms with Gasteiger partial charge in [0.15, 0.2) is 0 Å². The molecule has 0 N–H and O–H groups in total. The number of rotatable bonds is 0. The van der Waals surface area contributed by atoms with Gasteiger partial charge in [-0.15, -0.1) is 0 Å². The van der Waals surface area contributed by atoms with Crippen LogP contribution in [0.15, 0.2) is 36.5 Å². The van der Waals surface area contributed by atoms with Crippen molar-refractivity contribution < 1.29 is 0 Å². The Balaban J connectivity index is 0.000000396. The number of aromatic nitrogens is 1. The summed E-state index contributed by atoms with van der Waals surface area (Å²) < 4.78 is 0. The van der Waals surface area contributed by atoms with E-state index < -0.39 is 0 Å². The fraction of sp³-hybridized carbons (Fsp3) is 0.250. The lowest BCUT2D eigenvalue weighted by Crippen LogP contribution is -1.79. The molecule has 1 nitrogen and oxygen atoms in total. The number of nitrogens with zero attached hydrogens (tertiary/aromatic N) is 1. The highest BCUT2D eigenvalue weighted by atomic mass is 14.6. The van der Waals surface area contributed by atoms with Gasteiger partial charge >= 0.3 is 0 Å². The summed E-state index contributed by atoms with van der Waals surface area (Å²) in [5.41, 5.74) is 2.36. The van der Waals surface area contributed by atoms with E-state index in [4.69, 9.17) is 0 Å². The Morgan fingerprint density at radius 2 is 1.77 bits per heavy atom. The number of aryl methyl sites for hydroxylation is 1.